The van der Waals surface area contributed by atoms with Gasteiger partial charge in [-0.25, -0.2) is 4.98 Å². The van der Waals surface area contributed by atoms with Crippen LogP contribution in [-0.2, 0) is 11.2 Å². The molecule has 1 aromatic carbocycles. The van der Waals surface area contributed by atoms with E-state index in [4.69, 9.17) is 9.47 Å². The number of hydrogen-bond acceptors (Lipinski definition) is 5. The van der Waals surface area contributed by atoms with Crippen molar-refractivity contribution >= 4 is 17.2 Å². The molecule has 2 aromatic rings. The second-order valence-electron chi connectivity index (χ2n) is 6.62. The number of aromatic nitrogens is 1. The van der Waals surface area contributed by atoms with Crippen LogP contribution in [0, 0.1) is 13.8 Å². The van der Waals surface area contributed by atoms with E-state index in [1.165, 1.54) is 5.56 Å². The number of carbonyl (C=O) groups is 1. The fourth-order valence-electron chi connectivity index (χ4n) is 3.24. The third kappa shape index (κ3) is 4.62. The van der Waals surface area contributed by atoms with Crippen molar-refractivity contribution in [3.05, 3.63) is 45.4 Å². The first kappa shape index (κ1) is 18.9. The SMILES string of the molecule is COc1ccc(CCN(C[C@H]2CCCO2)C(=O)c2nc(C)sc2C)cc1. The van der Waals surface area contributed by atoms with E-state index in [2.05, 4.69) is 4.98 Å². The van der Waals surface area contributed by atoms with Crippen molar-refractivity contribution in [3.8, 4) is 5.75 Å². The van der Waals surface area contributed by atoms with Crippen molar-refractivity contribution < 1.29 is 14.3 Å². The smallest absolute Gasteiger partial charge is 0.273 e. The lowest BCUT2D eigenvalue weighted by atomic mass is 10.1. The molecule has 0 aliphatic carbocycles. The molecule has 0 bridgehead atoms. The first-order valence-electron chi connectivity index (χ1n) is 9.04. The van der Waals surface area contributed by atoms with Crippen LogP contribution in [0.1, 0.15) is 38.8 Å². The Balaban J connectivity index is 1.71. The van der Waals surface area contributed by atoms with Crippen molar-refractivity contribution in [1.82, 2.24) is 9.88 Å². The summed E-state index contributed by atoms with van der Waals surface area (Å²) < 4.78 is 11.0. The van der Waals surface area contributed by atoms with E-state index < -0.39 is 0 Å². The van der Waals surface area contributed by atoms with Crippen LogP contribution in [0.25, 0.3) is 0 Å². The van der Waals surface area contributed by atoms with Gasteiger partial charge in [0.25, 0.3) is 5.91 Å². The van der Waals surface area contributed by atoms with Crippen molar-refractivity contribution in [1.29, 1.82) is 0 Å². The highest BCUT2D eigenvalue weighted by Gasteiger charge is 2.25. The number of nitrogens with zero attached hydrogens (tertiary/aromatic N) is 2. The lowest BCUT2D eigenvalue weighted by molar-refractivity contribution is 0.0524. The van der Waals surface area contributed by atoms with Crippen LogP contribution in [0.2, 0.25) is 0 Å². The molecule has 1 atom stereocenters. The topological polar surface area (TPSA) is 51.7 Å². The summed E-state index contributed by atoms with van der Waals surface area (Å²) in [4.78, 5) is 20.4. The van der Waals surface area contributed by atoms with E-state index >= 15 is 0 Å². The van der Waals surface area contributed by atoms with E-state index in [1.807, 2.05) is 43.0 Å². The molecule has 0 saturated carbocycles. The summed E-state index contributed by atoms with van der Waals surface area (Å²) in [5.74, 6) is 0.852. The lowest BCUT2D eigenvalue weighted by Crippen LogP contribution is -2.39. The summed E-state index contributed by atoms with van der Waals surface area (Å²) >= 11 is 1.57. The van der Waals surface area contributed by atoms with E-state index in [1.54, 1.807) is 18.4 Å². The van der Waals surface area contributed by atoms with E-state index in [0.29, 0.717) is 18.8 Å². The largest absolute Gasteiger partial charge is 0.497 e. The molecule has 1 amide bonds. The monoisotopic (exact) mass is 374 g/mol. The van der Waals surface area contributed by atoms with Gasteiger partial charge in [-0.3, -0.25) is 4.79 Å². The molecule has 1 aliphatic heterocycles. The molecule has 1 aliphatic rings. The highest BCUT2D eigenvalue weighted by Crippen LogP contribution is 2.21. The molecule has 1 aromatic heterocycles. The van der Waals surface area contributed by atoms with E-state index in [-0.39, 0.29) is 12.0 Å². The van der Waals surface area contributed by atoms with Crippen molar-refractivity contribution in [2.75, 3.05) is 26.8 Å². The zero-order chi connectivity index (χ0) is 18.5. The maximum absolute atomic E-state index is 13.1. The molecule has 0 N–H and O–H groups in total. The number of aryl methyl sites for hydroxylation is 2. The van der Waals surface area contributed by atoms with Gasteiger partial charge in [0.1, 0.15) is 11.4 Å². The Morgan fingerprint density at radius 1 is 1.35 bits per heavy atom. The standard InChI is InChI=1S/C20H26N2O3S/c1-14-19(21-15(2)26-14)20(23)22(13-18-5-4-12-25-18)11-10-16-6-8-17(24-3)9-7-16/h6-9,18H,4-5,10-13H2,1-3H3/t18-/m1/s1. The van der Waals surface area contributed by atoms with Gasteiger partial charge in [0.05, 0.1) is 18.2 Å². The number of benzene rings is 1. The van der Waals surface area contributed by atoms with Crippen LogP contribution in [0.3, 0.4) is 0 Å². The molecule has 1 fully saturated rings. The highest BCUT2D eigenvalue weighted by atomic mass is 32.1. The average molecular weight is 375 g/mol. The Labute approximate surface area is 159 Å². The Kier molecular flexibility index (Phi) is 6.27. The second-order valence-corrected chi connectivity index (χ2v) is 8.03. The van der Waals surface area contributed by atoms with Gasteiger partial charge in [-0.2, -0.15) is 0 Å². The van der Waals surface area contributed by atoms with Gasteiger partial charge in [-0.1, -0.05) is 12.1 Å². The van der Waals surface area contributed by atoms with Gasteiger partial charge in [0.2, 0.25) is 0 Å². The summed E-state index contributed by atoms with van der Waals surface area (Å²) in [5.41, 5.74) is 1.77. The maximum Gasteiger partial charge on any atom is 0.273 e. The minimum Gasteiger partial charge on any atom is -0.497 e. The van der Waals surface area contributed by atoms with Crippen LogP contribution in [0.5, 0.6) is 5.75 Å². The zero-order valence-corrected chi connectivity index (χ0v) is 16.5. The minimum absolute atomic E-state index is 0.0101. The van der Waals surface area contributed by atoms with E-state index in [9.17, 15) is 4.79 Å². The number of amides is 1. The fourth-order valence-corrected chi connectivity index (χ4v) is 4.05. The summed E-state index contributed by atoms with van der Waals surface area (Å²) in [6, 6.07) is 8.00. The summed E-state index contributed by atoms with van der Waals surface area (Å²) in [7, 11) is 1.66. The van der Waals surface area contributed by atoms with Crippen LogP contribution in [0.15, 0.2) is 24.3 Å². The van der Waals surface area contributed by atoms with Gasteiger partial charge in [-0.05, 0) is 50.8 Å². The predicted octanol–water partition coefficient (Wildman–Crippen LogP) is 3.63. The van der Waals surface area contributed by atoms with Crippen molar-refractivity contribution in [2.45, 2.75) is 39.2 Å². The third-order valence-corrected chi connectivity index (χ3v) is 5.56. The Bertz CT molecular complexity index is 736. The number of hydrogen-bond donors (Lipinski definition) is 0. The molecule has 5 nitrogen and oxygen atoms in total. The molecule has 0 radical (unpaired) electrons. The van der Waals surface area contributed by atoms with Gasteiger partial charge < -0.3 is 14.4 Å². The zero-order valence-electron chi connectivity index (χ0n) is 15.7. The number of rotatable bonds is 7. The first-order valence-corrected chi connectivity index (χ1v) is 9.86. The second kappa shape index (κ2) is 8.64. The molecule has 6 heteroatoms. The first-order chi connectivity index (χ1) is 12.6. The highest BCUT2D eigenvalue weighted by molar-refractivity contribution is 7.11. The summed E-state index contributed by atoms with van der Waals surface area (Å²) in [6.07, 6.45) is 3.02. The Morgan fingerprint density at radius 3 is 2.69 bits per heavy atom. The van der Waals surface area contributed by atoms with Crippen LogP contribution < -0.4 is 4.74 Å². The molecular weight excluding hydrogens is 348 g/mol. The predicted molar refractivity (Wildman–Crippen MR) is 103 cm³/mol. The van der Waals surface area contributed by atoms with Crippen molar-refractivity contribution in [3.63, 3.8) is 0 Å². The van der Waals surface area contributed by atoms with Gasteiger partial charge in [0, 0.05) is 24.6 Å². The average Bonchev–Trinajstić information content (AvgIpc) is 3.27. The van der Waals surface area contributed by atoms with Crippen LogP contribution in [0.4, 0.5) is 0 Å². The molecule has 26 heavy (non-hydrogen) atoms. The van der Waals surface area contributed by atoms with Crippen LogP contribution >= 0.6 is 11.3 Å². The molecule has 3 rings (SSSR count). The number of methoxy groups -OCH3 is 1. The van der Waals surface area contributed by atoms with E-state index in [0.717, 1.165) is 41.5 Å². The minimum atomic E-state index is 0.0101. The molecule has 2 heterocycles. The number of thiazole rings is 1. The fraction of sp³-hybridized carbons (Fsp3) is 0.500. The number of ether oxygens (including phenoxy) is 2. The molecular formula is C20H26N2O3S. The van der Waals surface area contributed by atoms with Crippen LogP contribution in [-0.4, -0.2) is 48.7 Å². The third-order valence-electron chi connectivity index (χ3n) is 4.67. The summed E-state index contributed by atoms with van der Waals surface area (Å²) in [5, 5.41) is 0.929. The van der Waals surface area contributed by atoms with Gasteiger partial charge in [-0.15, -0.1) is 11.3 Å². The maximum atomic E-state index is 13.1. The molecule has 140 valence electrons. The summed E-state index contributed by atoms with van der Waals surface area (Å²) in [6.45, 7) is 5.98. The number of carbonyl (C=O) groups excluding carboxylic acids is 1. The molecule has 0 spiro atoms. The quantitative estimate of drug-likeness (QED) is 0.743. The van der Waals surface area contributed by atoms with Crippen molar-refractivity contribution in [2.24, 2.45) is 0 Å². The molecule has 1 saturated heterocycles. The van der Waals surface area contributed by atoms with Gasteiger partial charge in [0.15, 0.2) is 0 Å². The van der Waals surface area contributed by atoms with Gasteiger partial charge >= 0.3 is 0 Å². The molecule has 0 unspecified atom stereocenters. The normalized spacial score (nSPS) is 16.7. The lowest BCUT2D eigenvalue weighted by Gasteiger charge is -2.25. The Morgan fingerprint density at radius 2 is 2.12 bits per heavy atom. The Hall–Kier alpha value is -1.92.